The van der Waals surface area contributed by atoms with Gasteiger partial charge in [-0.15, -0.1) is 0 Å². The molecule has 1 amide bonds. The van der Waals surface area contributed by atoms with Gasteiger partial charge < -0.3 is 14.5 Å². The molecule has 0 aromatic carbocycles. The van der Waals surface area contributed by atoms with E-state index in [1.807, 2.05) is 11.0 Å². The second-order valence-corrected chi connectivity index (χ2v) is 5.23. The molecule has 0 N–H and O–H groups in total. The maximum Gasteiger partial charge on any atom is 0.257 e. The van der Waals surface area contributed by atoms with Crippen molar-refractivity contribution in [3.05, 3.63) is 30.1 Å². The molecule has 6 nitrogen and oxygen atoms in total. The number of carbonyl (C=O) groups excluding carboxylic acids is 1. The van der Waals surface area contributed by atoms with Gasteiger partial charge in [-0.2, -0.15) is 0 Å². The summed E-state index contributed by atoms with van der Waals surface area (Å²) in [7, 11) is 0. The van der Waals surface area contributed by atoms with Crippen molar-refractivity contribution in [2.45, 2.75) is 19.4 Å². The molecule has 3 rings (SSSR count). The summed E-state index contributed by atoms with van der Waals surface area (Å²) in [6.45, 7) is 5.73. The molecule has 2 aliphatic heterocycles. The standard InChI is InChI=1S/C15H20N4O2/c1-2-13-4-3-5-19(13)14(20)12-10-16-15(17-11-12)18-6-8-21-9-7-18/h3-4,10-11,13H,2,5-9H2,1H3. The predicted molar refractivity (Wildman–Crippen MR) is 79.3 cm³/mol. The Morgan fingerprint density at radius 2 is 2.05 bits per heavy atom. The van der Waals surface area contributed by atoms with Gasteiger partial charge in [-0.1, -0.05) is 19.1 Å². The zero-order valence-electron chi connectivity index (χ0n) is 12.2. The highest BCUT2D eigenvalue weighted by Gasteiger charge is 2.25. The first-order chi connectivity index (χ1) is 10.3. The molecule has 1 saturated heterocycles. The molecular formula is C15H20N4O2. The Kier molecular flexibility index (Phi) is 4.15. The fourth-order valence-corrected chi connectivity index (χ4v) is 2.68. The maximum absolute atomic E-state index is 12.5. The fourth-order valence-electron chi connectivity index (χ4n) is 2.68. The zero-order valence-corrected chi connectivity index (χ0v) is 12.2. The third kappa shape index (κ3) is 2.90. The molecule has 112 valence electrons. The number of carbonyl (C=O) groups is 1. The number of anilines is 1. The topological polar surface area (TPSA) is 58.6 Å². The summed E-state index contributed by atoms with van der Waals surface area (Å²) in [6, 6.07) is 0.191. The Bertz CT molecular complexity index is 523. The summed E-state index contributed by atoms with van der Waals surface area (Å²) in [5.41, 5.74) is 0.550. The Morgan fingerprint density at radius 3 is 2.71 bits per heavy atom. The monoisotopic (exact) mass is 288 g/mol. The first-order valence-corrected chi connectivity index (χ1v) is 7.42. The fraction of sp³-hybridized carbons (Fsp3) is 0.533. The molecule has 0 radical (unpaired) electrons. The highest BCUT2D eigenvalue weighted by atomic mass is 16.5. The van der Waals surface area contributed by atoms with Crippen molar-refractivity contribution in [3.63, 3.8) is 0 Å². The minimum absolute atomic E-state index is 0.000350. The van der Waals surface area contributed by atoms with Crippen LogP contribution in [0.5, 0.6) is 0 Å². The van der Waals surface area contributed by atoms with E-state index in [1.54, 1.807) is 12.4 Å². The van der Waals surface area contributed by atoms with E-state index in [0.29, 0.717) is 31.3 Å². The van der Waals surface area contributed by atoms with Crippen molar-refractivity contribution < 1.29 is 9.53 Å². The van der Waals surface area contributed by atoms with Gasteiger partial charge in [0.05, 0.1) is 24.8 Å². The predicted octanol–water partition coefficient (Wildman–Crippen LogP) is 1.10. The van der Waals surface area contributed by atoms with Gasteiger partial charge in [0.1, 0.15) is 0 Å². The summed E-state index contributed by atoms with van der Waals surface area (Å²) in [4.78, 5) is 25.1. The number of morpholine rings is 1. The Hall–Kier alpha value is -1.95. The summed E-state index contributed by atoms with van der Waals surface area (Å²) >= 11 is 0. The maximum atomic E-state index is 12.5. The van der Waals surface area contributed by atoms with Gasteiger partial charge in [-0.3, -0.25) is 4.79 Å². The number of amides is 1. The van der Waals surface area contributed by atoms with E-state index in [4.69, 9.17) is 4.74 Å². The molecule has 1 atom stereocenters. The van der Waals surface area contributed by atoms with Crippen LogP contribution in [0.2, 0.25) is 0 Å². The van der Waals surface area contributed by atoms with E-state index in [-0.39, 0.29) is 11.9 Å². The van der Waals surface area contributed by atoms with Crippen molar-refractivity contribution in [1.82, 2.24) is 14.9 Å². The molecule has 3 heterocycles. The van der Waals surface area contributed by atoms with Gasteiger partial charge in [-0.05, 0) is 6.42 Å². The number of nitrogens with zero attached hydrogens (tertiary/aromatic N) is 4. The highest BCUT2D eigenvalue weighted by molar-refractivity contribution is 5.94. The van der Waals surface area contributed by atoms with E-state index < -0.39 is 0 Å². The van der Waals surface area contributed by atoms with Crippen LogP contribution in [0.1, 0.15) is 23.7 Å². The van der Waals surface area contributed by atoms with Crippen molar-refractivity contribution in [2.24, 2.45) is 0 Å². The van der Waals surface area contributed by atoms with Gasteiger partial charge >= 0.3 is 0 Å². The molecule has 1 aromatic rings. The lowest BCUT2D eigenvalue weighted by molar-refractivity contribution is 0.0746. The SMILES string of the molecule is CCC1C=CCN1C(=O)c1cnc(N2CCOCC2)nc1. The summed E-state index contributed by atoms with van der Waals surface area (Å²) in [5.74, 6) is 0.668. The number of aromatic nitrogens is 2. The molecular weight excluding hydrogens is 268 g/mol. The van der Waals surface area contributed by atoms with Crippen LogP contribution in [0.15, 0.2) is 24.5 Å². The average Bonchev–Trinajstić information content (AvgIpc) is 3.04. The minimum Gasteiger partial charge on any atom is -0.378 e. The number of hydrogen-bond donors (Lipinski definition) is 0. The molecule has 1 fully saturated rings. The van der Waals surface area contributed by atoms with Crippen LogP contribution in [0.3, 0.4) is 0 Å². The van der Waals surface area contributed by atoms with Crippen LogP contribution in [0.25, 0.3) is 0 Å². The van der Waals surface area contributed by atoms with E-state index in [9.17, 15) is 4.79 Å². The molecule has 2 aliphatic rings. The van der Waals surface area contributed by atoms with Crippen LogP contribution >= 0.6 is 0 Å². The summed E-state index contributed by atoms with van der Waals surface area (Å²) in [6.07, 6.45) is 8.31. The number of hydrogen-bond acceptors (Lipinski definition) is 5. The lowest BCUT2D eigenvalue weighted by atomic mass is 10.2. The van der Waals surface area contributed by atoms with Crippen LogP contribution in [0.4, 0.5) is 5.95 Å². The number of ether oxygens (including phenoxy) is 1. The smallest absolute Gasteiger partial charge is 0.257 e. The third-order valence-corrected chi connectivity index (χ3v) is 3.92. The molecule has 0 aliphatic carbocycles. The van der Waals surface area contributed by atoms with Crippen LogP contribution in [0, 0.1) is 0 Å². The van der Waals surface area contributed by atoms with E-state index >= 15 is 0 Å². The van der Waals surface area contributed by atoms with Crippen LogP contribution in [-0.2, 0) is 4.74 Å². The first-order valence-electron chi connectivity index (χ1n) is 7.42. The van der Waals surface area contributed by atoms with Gasteiger partial charge in [0, 0.05) is 32.0 Å². The van der Waals surface area contributed by atoms with Crippen molar-refractivity contribution in [1.29, 1.82) is 0 Å². The van der Waals surface area contributed by atoms with Crippen molar-refractivity contribution in [3.8, 4) is 0 Å². The van der Waals surface area contributed by atoms with Gasteiger partial charge in [-0.25, -0.2) is 9.97 Å². The van der Waals surface area contributed by atoms with E-state index in [2.05, 4.69) is 27.9 Å². The largest absolute Gasteiger partial charge is 0.378 e. The third-order valence-electron chi connectivity index (χ3n) is 3.92. The minimum atomic E-state index is 0.000350. The van der Waals surface area contributed by atoms with E-state index in [0.717, 1.165) is 19.5 Å². The van der Waals surface area contributed by atoms with Gasteiger partial charge in [0.15, 0.2) is 0 Å². The quantitative estimate of drug-likeness (QED) is 0.780. The average molecular weight is 288 g/mol. The Morgan fingerprint density at radius 1 is 1.33 bits per heavy atom. The normalized spacial score (nSPS) is 21.9. The first kappa shape index (κ1) is 14.0. The molecule has 1 aromatic heterocycles. The molecule has 0 spiro atoms. The lowest BCUT2D eigenvalue weighted by Gasteiger charge is -2.27. The second-order valence-electron chi connectivity index (χ2n) is 5.23. The van der Waals surface area contributed by atoms with Crippen LogP contribution < -0.4 is 4.90 Å². The molecule has 1 unspecified atom stereocenters. The van der Waals surface area contributed by atoms with Crippen LogP contribution in [-0.4, -0.2) is 59.7 Å². The molecule has 21 heavy (non-hydrogen) atoms. The van der Waals surface area contributed by atoms with Gasteiger partial charge in [0.25, 0.3) is 5.91 Å². The number of rotatable bonds is 3. The Labute approximate surface area is 124 Å². The second kappa shape index (κ2) is 6.22. The lowest BCUT2D eigenvalue weighted by Crippen LogP contribution is -2.38. The van der Waals surface area contributed by atoms with E-state index in [1.165, 1.54) is 0 Å². The molecule has 0 saturated carbocycles. The Balaban J connectivity index is 1.70. The van der Waals surface area contributed by atoms with Crippen molar-refractivity contribution in [2.75, 3.05) is 37.7 Å². The van der Waals surface area contributed by atoms with Crippen molar-refractivity contribution >= 4 is 11.9 Å². The zero-order chi connectivity index (χ0) is 14.7. The summed E-state index contributed by atoms with van der Waals surface area (Å²) in [5, 5.41) is 0. The molecule has 6 heteroatoms. The summed E-state index contributed by atoms with van der Waals surface area (Å²) < 4.78 is 5.31. The molecule has 0 bridgehead atoms. The van der Waals surface area contributed by atoms with Gasteiger partial charge in [0.2, 0.25) is 5.95 Å². The highest BCUT2D eigenvalue weighted by Crippen LogP contribution is 2.17.